The molecule has 81 heavy (non-hydrogen) atoms. The molecule has 5 aromatic carbocycles. The van der Waals surface area contributed by atoms with Gasteiger partial charge < -0.3 is 12.8 Å². The van der Waals surface area contributed by atoms with E-state index in [0.29, 0.717) is 0 Å². The Morgan fingerprint density at radius 2 is 0.580 bits per heavy atom. The Morgan fingerprint density at radius 3 is 0.753 bits per heavy atom. The Kier molecular flexibility index (Phi) is 93.1. The summed E-state index contributed by atoms with van der Waals surface area (Å²) < 4.78 is 0. The molecule has 0 radical (unpaired) electrons. The van der Waals surface area contributed by atoms with Crippen LogP contribution in [0.15, 0.2) is 127 Å². The third-order valence-electron chi connectivity index (χ3n) is 12.8. The Bertz CT molecular complexity index is 1560. The topological polar surface area (TPSA) is 0 Å². The average Bonchev–Trinajstić information content (AvgIpc) is 3.51. The molecule has 4 fully saturated rings. The molecule has 4 aliphatic rings. The molecule has 0 aliphatic heterocycles. The summed E-state index contributed by atoms with van der Waals surface area (Å²) in [5.41, 5.74) is 9.09. The summed E-state index contributed by atoms with van der Waals surface area (Å²) in [6.45, 7) is 48.0. The first-order valence-electron chi connectivity index (χ1n) is 33.1. The molecule has 0 saturated heterocycles. The molecule has 0 bridgehead atoms. The number of hydrogen-bond acceptors (Lipinski definition) is 0. The van der Waals surface area contributed by atoms with Crippen molar-refractivity contribution in [1.82, 2.24) is 0 Å². The first-order valence-corrected chi connectivity index (χ1v) is 33.1. The van der Waals surface area contributed by atoms with E-state index in [4.69, 9.17) is 0 Å². The molecule has 9 rings (SSSR count). The van der Waals surface area contributed by atoms with Crippen molar-refractivity contribution in [3.05, 3.63) is 180 Å². The second kappa shape index (κ2) is 79.5. The van der Waals surface area contributed by atoms with E-state index in [1.807, 2.05) is 150 Å². The van der Waals surface area contributed by atoms with Crippen molar-refractivity contribution < 1.29 is 42.1 Å². The second-order valence-corrected chi connectivity index (χ2v) is 20.0. The maximum Gasteiger partial charge on any atom is 2.00 e. The van der Waals surface area contributed by atoms with Crippen molar-refractivity contribution in [2.24, 2.45) is 23.7 Å². The molecule has 464 valence electrons. The summed E-state index contributed by atoms with van der Waals surface area (Å²) in [5.74, 6) is 4.13. The van der Waals surface area contributed by atoms with Gasteiger partial charge in [-0.25, -0.2) is 0 Å². The standard InChI is InChI=1S/C14H14.C8H16.C7H14.2C7H13.C7H8.2C7H7.C3H8.6C2H6.2W/c1-11-3-7-13(8-4-11)14-9-5-12(2)6-10-14;1-2-8-6-4-3-5-7-8;6*1-7-5-3-2-4-6-7;1-3-2;6*1-2;;/h3-10H,1-2H3;8H,2-7H2,1H3;7H,2-6H2,1H3;2*2,7H,3-6H2,1H3;2-6H,1H3;2*3-6H,1H3;3H2,1-2H3;6*1-2H3;;/q;;;2*-1;;2*-1;;;;;;;;2*+2. The number of hydrogen-bond donors (Lipinski definition) is 0. The van der Waals surface area contributed by atoms with Gasteiger partial charge in [0, 0.05) is 0 Å². The third-order valence-corrected chi connectivity index (χ3v) is 12.8. The zero-order valence-corrected chi connectivity index (χ0v) is 63.9. The fourth-order valence-corrected chi connectivity index (χ4v) is 8.06. The Hall–Kier alpha value is -2.52. The van der Waals surface area contributed by atoms with Crippen LogP contribution >= 0.6 is 0 Å². The smallest absolute Gasteiger partial charge is 0.328 e. The molecule has 0 spiro atoms. The molecule has 0 unspecified atom stereocenters. The van der Waals surface area contributed by atoms with Gasteiger partial charge in [0.05, 0.1) is 0 Å². The Balaban J connectivity index is -0.000000122. The van der Waals surface area contributed by atoms with Gasteiger partial charge in [0.25, 0.3) is 0 Å². The van der Waals surface area contributed by atoms with E-state index in [2.05, 4.69) is 162 Å². The van der Waals surface area contributed by atoms with Crippen molar-refractivity contribution in [2.45, 2.75) is 288 Å². The van der Waals surface area contributed by atoms with Crippen LogP contribution in [0.1, 0.15) is 281 Å². The molecule has 0 heterocycles. The van der Waals surface area contributed by atoms with Crippen LogP contribution in [0.2, 0.25) is 0 Å². The second-order valence-electron chi connectivity index (χ2n) is 20.0. The van der Waals surface area contributed by atoms with E-state index in [-0.39, 0.29) is 42.1 Å². The summed E-state index contributed by atoms with van der Waals surface area (Å²) in [5, 5.41) is 0. The zero-order valence-electron chi connectivity index (χ0n) is 58.0. The fraction of sp³-hybridized carbons (Fsp3) is 0.595. The van der Waals surface area contributed by atoms with E-state index in [9.17, 15) is 0 Å². The van der Waals surface area contributed by atoms with Crippen LogP contribution in [0, 0.1) is 83.3 Å². The maximum absolute atomic E-state index is 2.93. The molecule has 5 aromatic rings. The van der Waals surface area contributed by atoms with E-state index >= 15 is 0 Å². The monoisotopic (exact) mass is 1450 g/mol. The summed E-state index contributed by atoms with van der Waals surface area (Å²) in [4.78, 5) is 0. The van der Waals surface area contributed by atoms with Gasteiger partial charge in [-0.2, -0.15) is 97.5 Å². The minimum absolute atomic E-state index is 0. The molecule has 4 saturated carbocycles. The van der Waals surface area contributed by atoms with E-state index in [1.54, 1.807) is 0 Å². The van der Waals surface area contributed by atoms with Crippen molar-refractivity contribution in [3.63, 3.8) is 0 Å². The number of aryl methyl sites for hydroxylation is 5. The van der Waals surface area contributed by atoms with E-state index < -0.39 is 0 Å². The van der Waals surface area contributed by atoms with Gasteiger partial charge in [-0.1, -0.05) is 337 Å². The molecule has 0 atom stereocenters. The van der Waals surface area contributed by atoms with Gasteiger partial charge in [-0.15, -0.1) is 0 Å². The summed E-state index contributed by atoms with van der Waals surface area (Å²) in [6.07, 6.45) is 33.6. The average molecular weight is 1450 g/mol. The Morgan fingerprint density at radius 1 is 0.333 bits per heavy atom. The SMILES string of the molecule is CC.CC.CC.CC.CC.CC.CC1CCCCC1.CC1CC[CH-]CC1.CC1CC[CH-]CC1.CCC.CCC1CCCCC1.Cc1cc[c-]cc1.Cc1cc[c-]cc1.Cc1ccc(-c2ccc(C)cc2)cc1.Cc1ccccc1.[W+2].[W+2]. The predicted molar refractivity (Wildman–Crippen MR) is 370 cm³/mol. The van der Waals surface area contributed by atoms with Crippen LogP contribution in [0.3, 0.4) is 0 Å². The van der Waals surface area contributed by atoms with Gasteiger partial charge in [0.1, 0.15) is 0 Å². The van der Waals surface area contributed by atoms with Crippen molar-refractivity contribution >= 4 is 0 Å². The first-order chi connectivity index (χ1) is 38.5. The predicted octanol–water partition coefficient (Wildman–Crippen LogP) is 27.5. The molecule has 2 heteroatoms. The van der Waals surface area contributed by atoms with Gasteiger partial charge in [0.2, 0.25) is 0 Å². The largest absolute Gasteiger partial charge is 2.00 e. The molecule has 0 N–H and O–H groups in total. The number of rotatable bonds is 2. The van der Waals surface area contributed by atoms with Crippen LogP contribution in [0.25, 0.3) is 11.1 Å². The van der Waals surface area contributed by atoms with Gasteiger partial charge in [-0.3, -0.25) is 0 Å². The van der Waals surface area contributed by atoms with Crippen molar-refractivity contribution in [3.8, 4) is 11.1 Å². The van der Waals surface area contributed by atoms with Gasteiger partial charge in [-0.05, 0) is 55.6 Å². The molecular weight excluding hydrogens is 1320 g/mol. The van der Waals surface area contributed by atoms with Gasteiger partial charge >= 0.3 is 42.1 Å². The first kappa shape index (κ1) is 94.8. The minimum Gasteiger partial charge on any atom is -0.328 e. The minimum atomic E-state index is 0. The molecule has 0 aromatic heterocycles. The van der Waals surface area contributed by atoms with Crippen LogP contribution < -0.4 is 0 Å². The van der Waals surface area contributed by atoms with Crippen molar-refractivity contribution in [1.29, 1.82) is 0 Å². The van der Waals surface area contributed by atoms with Crippen molar-refractivity contribution in [2.75, 3.05) is 0 Å². The molecule has 0 amide bonds. The molecular formula is C79H136W2. The summed E-state index contributed by atoms with van der Waals surface area (Å²) >= 11 is 0. The third kappa shape index (κ3) is 69.9. The van der Waals surface area contributed by atoms with Crippen LogP contribution in [0.5, 0.6) is 0 Å². The quantitative estimate of drug-likeness (QED) is 0.155. The van der Waals surface area contributed by atoms with Crippen LogP contribution in [-0.2, 0) is 42.1 Å². The van der Waals surface area contributed by atoms with E-state index in [1.165, 1.54) is 167 Å². The van der Waals surface area contributed by atoms with Crippen LogP contribution in [0.4, 0.5) is 0 Å². The molecule has 0 nitrogen and oxygen atoms in total. The van der Waals surface area contributed by atoms with Crippen LogP contribution in [-0.4, -0.2) is 0 Å². The zero-order chi connectivity index (χ0) is 61.2. The van der Waals surface area contributed by atoms with Gasteiger partial charge in [0.15, 0.2) is 0 Å². The summed E-state index contributed by atoms with van der Waals surface area (Å²) in [7, 11) is 0. The normalized spacial score (nSPS) is 13.6. The molecule has 4 aliphatic carbocycles. The Labute approximate surface area is 540 Å². The number of benzene rings is 5. The summed E-state index contributed by atoms with van der Waals surface area (Å²) in [6, 6.07) is 49.1. The fourth-order valence-electron chi connectivity index (χ4n) is 8.06. The van der Waals surface area contributed by atoms with E-state index in [0.717, 1.165) is 23.7 Å². The maximum atomic E-state index is 2.93.